The number of benzene rings is 1. The van der Waals surface area contributed by atoms with Gasteiger partial charge in [0.05, 0.1) is 0 Å². The molecule has 0 atom stereocenters. The van der Waals surface area contributed by atoms with Crippen LogP contribution in [0, 0.1) is 0 Å². The SMILES string of the molecule is C1CCCCC1.CNC(N)=O.Clc1ccc2[nH]ccc2c1. The first-order valence-corrected chi connectivity index (χ1v) is 7.71. The second-order valence-corrected chi connectivity index (χ2v) is 5.38. The Kier molecular flexibility index (Phi) is 8.36. The van der Waals surface area contributed by atoms with Crippen LogP contribution in [-0.4, -0.2) is 18.1 Å². The van der Waals surface area contributed by atoms with Crippen LogP contribution in [-0.2, 0) is 0 Å². The Morgan fingerprint density at radius 2 is 1.67 bits per heavy atom. The Labute approximate surface area is 131 Å². The first kappa shape index (κ1) is 17.4. The van der Waals surface area contributed by atoms with Crippen LogP contribution in [0.3, 0.4) is 0 Å². The van der Waals surface area contributed by atoms with Crippen molar-refractivity contribution in [1.82, 2.24) is 10.3 Å². The zero-order valence-corrected chi connectivity index (χ0v) is 13.2. The average Bonchev–Trinajstić information content (AvgIpc) is 2.97. The van der Waals surface area contributed by atoms with Gasteiger partial charge in [-0.15, -0.1) is 0 Å². The summed E-state index contributed by atoms with van der Waals surface area (Å²) in [7, 11) is 1.47. The maximum atomic E-state index is 9.48. The van der Waals surface area contributed by atoms with Gasteiger partial charge in [0.25, 0.3) is 0 Å². The highest BCUT2D eigenvalue weighted by Crippen LogP contribution is 2.17. The highest BCUT2D eigenvalue weighted by atomic mass is 35.5. The van der Waals surface area contributed by atoms with Crippen LogP contribution in [0.5, 0.6) is 0 Å². The van der Waals surface area contributed by atoms with Gasteiger partial charge in [0.1, 0.15) is 0 Å². The second kappa shape index (κ2) is 10.1. The summed E-state index contributed by atoms with van der Waals surface area (Å²) in [6.45, 7) is 0. The Bertz CT molecular complexity index is 524. The van der Waals surface area contributed by atoms with E-state index in [2.05, 4.69) is 16.0 Å². The normalized spacial score (nSPS) is 13.4. The molecule has 0 spiro atoms. The number of nitrogens with two attached hydrogens (primary N) is 1. The number of primary amides is 1. The number of urea groups is 1. The predicted octanol–water partition coefficient (Wildman–Crippen LogP) is 4.45. The van der Waals surface area contributed by atoms with Crippen LogP contribution in [0.2, 0.25) is 5.02 Å². The molecule has 0 aliphatic heterocycles. The summed E-state index contributed by atoms with van der Waals surface area (Å²) in [5.74, 6) is 0. The van der Waals surface area contributed by atoms with Gasteiger partial charge in [-0.05, 0) is 24.3 Å². The van der Waals surface area contributed by atoms with Crippen molar-refractivity contribution in [2.24, 2.45) is 5.73 Å². The molecular weight excluding hydrogens is 286 g/mol. The standard InChI is InChI=1S/C8H6ClN.C6H12.C2H6N2O/c9-7-1-2-8-6(5-7)3-4-10-8;1-2-4-6-5-3-1;1-4-2(3)5/h1-5,10H;1-6H2;1H3,(H3,3,4,5). The van der Waals surface area contributed by atoms with E-state index in [1.165, 1.54) is 45.6 Å². The number of hydrogen-bond acceptors (Lipinski definition) is 1. The molecule has 2 amide bonds. The smallest absolute Gasteiger partial charge is 0.311 e. The van der Waals surface area contributed by atoms with Crippen molar-refractivity contribution < 1.29 is 4.79 Å². The molecule has 21 heavy (non-hydrogen) atoms. The van der Waals surface area contributed by atoms with Crippen LogP contribution in [0.1, 0.15) is 38.5 Å². The zero-order chi connectivity index (χ0) is 15.5. The van der Waals surface area contributed by atoms with Crippen LogP contribution in [0.4, 0.5) is 4.79 Å². The molecular formula is C16H24ClN3O. The van der Waals surface area contributed by atoms with Crippen molar-refractivity contribution in [2.45, 2.75) is 38.5 Å². The predicted molar refractivity (Wildman–Crippen MR) is 89.7 cm³/mol. The lowest BCUT2D eigenvalue weighted by Gasteiger charge is -2.05. The molecule has 4 nitrogen and oxygen atoms in total. The summed E-state index contributed by atoms with van der Waals surface area (Å²) < 4.78 is 0. The number of amides is 2. The molecule has 1 fully saturated rings. The van der Waals surface area contributed by atoms with Gasteiger partial charge >= 0.3 is 6.03 Å². The number of aromatic nitrogens is 1. The summed E-state index contributed by atoms with van der Waals surface area (Å²) in [5.41, 5.74) is 5.67. The fourth-order valence-electron chi connectivity index (χ4n) is 2.08. The minimum atomic E-state index is -0.495. The van der Waals surface area contributed by atoms with Gasteiger partial charge in [0, 0.05) is 29.2 Å². The van der Waals surface area contributed by atoms with Crippen LogP contribution < -0.4 is 11.1 Å². The van der Waals surface area contributed by atoms with Crippen molar-refractivity contribution in [1.29, 1.82) is 0 Å². The lowest BCUT2D eigenvalue weighted by molar-refractivity contribution is 0.251. The number of carbonyl (C=O) groups excluding carboxylic acids is 1. The maximum absolute atomic E-state index is 9.48. The molecule has 4 N–H and O–H groups in total. The first-order valence-electron chi connectivity index (χ1n) is 7.33. The van der Waals surface area contributed by atoms with Gasteiger partial charge in [-0.1, -0.05) is 50.1 Å². The quantitative estimate of drug-likeness (QED) is 0.661. The van der Waals surface area contributed by atoms with Gasteiger partial charge in [0.15, 0.2) is 0 Å². The van der Waals surface area contributed by atoms with Gasteiger partial charge in [0.2, 0.25) is 0 Å². The maximum Gasteiger partial charge on any atom is 0.311 e. The highest BCUT2D eigenvalue weighted by Gasteiger charge is 1.95. The molecule has 1 aromatic carbocycles. The summed E-state index contributed by atoms with van der Waals surface area (Å²) in [5, 5.41) is 4.11. The number of aromatic amines is 1. The van der Waals surface area contributed by atoms with Crippen LogP contribution in [0.25, 0.3) is 10.9 Å². The Balaban J connectivity index is 0.000000173. The van der Waals surface area contributed by atoms with Crippen molar-refractivity contribution in [2.75, 3.05) is 7.05 Å². The van der Waals surface area contributed by atoms with E-state index in [1.54, 1.807) is 0 Å². The van der Waals surface area contributed by atoms with Crippen molar-refractivity contribution in [3.05, 3.63) is 35.5 Å². The van der Waals surface area contributed by atoms with Gasteiger partial charge in [-0.3, -0.25) is 0 Å². The van der Waals surface area contributed by atoms with E-state index in [1.807, 2.05) is 30.5 Å². The van der Waals surface area contributed by atoms with E-state index >= 15 is 0 Å². The molecule has 116 valence electrons. The van der Waals surface area contributed by atoms with E-state index in [0.29, 0.717) is 0 Å². The third-order valence-corrected chi connectivity index (χ3v) is 3.50. The molecule has 1 aromatic heterocycles. The summed E-state index contributed by atoms with van der Waals surface area (Å²) in [6.07, 6.45) is 10.9. The minimum Gasteiger partial charge on any atom is -0.361 e. The van der Waals surface area contributed by atoms with E-state index in [4.69, 9.17) is 11.6 Å². The third-order valence-electron chi connectivity index (χ3n) is 3.26. The average molecular weight is 310 g/mol. The fourth-order valence-corrected chi connectivity index (χ4v) is 2.27. The monoisotopic (exact) mass is 309 g/mol. The summed E-state index contributed by atoms with van der Waals surface area (Å²) in [4.78, 5) is 12.6. The Hall–Kier alpha value is -1.68. The molecule has 0 unspecified atom stereocenters. The number of fused-ring (bicyclic) bond motifs is 1. The van der Waals surface area contributed by atoms with E-state index in [0.717, 1.165) is 15.9 Å². The zero-order valence-electron chi connectivity index (χ0n) is 12.5. The number of hydrogen-bond donors (Lipinski definition) is 3. The molecule has 2 aromatic rings. The lowest BCUT2D eigenvalue weighted by atomic mass is 10.0. The number of halogens is 1. The number of H-pyrrole nitrogens is 1. The molecule has 1 aliphatic rings. The van der Waals surface area contributed by atoms with Crippen molar-refractivity contribution >= 4 is 28.5 Å². The first-order chi connectivity index (χ1) is 10.1. The molecule has 0 saturated heterocycles. The molecule has 1 aliphatic carbocycles. The van der Waals surface area contributed by atoms with Gasteiger partial charge in [-0.25, -0.2) is 4.79 Å². The fraction of sp³-hybridized carbons (Fsp3) is 0.438. The molecule has 1 saturated carbocycles. The Morgan fingerprint density at radius 3 is 2.14 bits per heavy atom. The molecule has 3 rings (SSSR count). The topological polar surface area (TPSA) is 70.9 Å². The number of carbonyl (C=O) groups is 1. The second-order valence-electron chi connectivity index (χ2n) is 4.94. The lowest BCUT2D eigenvalue weighted by Crippen LogP contribution is -2.24. The van der Waals surface area contributed by atoms with Crippen LogP contribution in [0.15, 0.2) is 30.5 Å². The highest BCUT2D eigenvalue weighted by molar-refractivity contribution is 6.31. The molecule has 0 radical (unpaired) electrons. The number of rotatable bonds is 0. The third kappa shape index (κ3) is 7.61. The van der Waals surface area contributed by atoms with Crippen molar-refractivity contribution in [3.63, 3.8) is 0 Å². The van der Waals surface area contributed by atoms with Crippen LogP contribution >= 0.6 is 11.6 Å². The van der Waals surface area contributed by atoms with Crippen molar-refractivity contribution in [3.8, 4) is 0 Å². The Morgan fingerprint density at radius 1 is 1.14 bits per heavy atom. The molecule has 1 heterocycles. The molecule has 5 heteroatoms. The van der Waals surface area contributed by atoms with E-state index < -0.39 is 6.03 Å². The number of nitrogens with one attached hydrogen (secondary N) is 2. The van der Waals surface area contributed by atoms with Gasteiger partial charge in [-0.2, -0.15) is 0 Å². The molecule has 0 bridgehead atoms. The largest absolute Gasteiger partial charge is 0.361 e. The van der Waals surface area contributed by atoms with Gasteiger partial charge < -0.3 is 16.0 Å². The van der Waals surface area contributed by atoms with E-state index in [-0.39, 0.29) is 0 Å². The van der Waals surface area contributed by atoms with E-state index in [9.17, 15) is 4.79 Å². The minimum absolute atomic E-state index is 0.495. The summed E-state index contributed by atoms with van der Waals surface area (Å²) in [6, 6.07) is 7.29. The summed E-state index contributed by atoms with van der Waals surface area (Å²) >= 11 is 5.76.